The van der Waals surface area contributed by atoms with E-state index in [1.54, 1.807) is 0 Å². The molecule has 32 heavy (non-hydrogen) atoms. The number of carboxylic acid groups (broad SMARTS) is 2. The van der Waals surface area contributed by atoms with Crippen molar-refractivity contribution in [3.05, 3.63) is 29.8 Å². The maximum atomic E-state index is 11.6. The van der Waals surface area contributed by atoms with Crippen LogP contribution in [0.5, 0.6) is 0 Å². The van der Waals surface area contributed by atoms with Gasteiger partial charge < -0.3 is 25.4 Å². The maximum absolute atomic E-state index is 11.6. The number of aldehydes is 1. The summed E-state index contributed by atoms with van der Waals surface area (Å²) in [5.41, 5.74) is 0.793. The third kappa shape index (κ3) is 17.2. The van der Waals surface area contributed by atoms with Gasteiger partial charge in [-0.25, -0.2) is 9.59 Å². The fourth-order valence-corrected chi connectivity index (χ4v) is 3.11. The van der Waals surface area contributed by atoms with E-state index in [1.165, 1.54) is 3.12 Å². The Morgan fingerprint density at radius 2 is 1.84 bits per heavy atom. The van der Waals surface area contributed by atoms with Crippen LogP contribution >= 0.6 is 0 Å². The molecule has 1 aromatic carbocycles. The monoisotopic (exact) mass is 646 g/mol. The Morgan fingerprint density at radius 3 is 2.34 bits per heavy atom. The van der Waals surface area contributed by atoms with Crippen molar-refractivity contribution in [3.8, 4) is 0 Å². The Balaban J connectivity index is 0. The first-order chi connectivity index (χ1) is 15.2. The van der Waals surface area contributed by atoms with E-state index >= 15 is 0 Å². The minimum atomic E-state index is -1.37. The van der Waals surface area contributed by atoms with E-state index in [9.17, 15) is 24.0 Å². The van der Waals surface area contributed by atoms with E-state index in [-0.39, 0.29) is 12.3 Å². The predicted molar refractivity (Wildman–Crippen MR) is 116 cm³/mol. The van der Waals surface area contributed by atoms with Crippen molar-refractivity contribution in [2.45, 2.75) is 38.6 Å². The number of unbranched alkanes of at least 4 members (excludes halogenated alkanes) is 1. The number of hydrogen-bond donors (Lipinski definition) is 5. The molecule has 0 radical (unpaired) electrons. The summed E-state index contributed by atoms with van der Waals surface area (Å²) in [6.45, 7) is 2.41. The molecule has 0 saturated carbocycles. The summed E-state index contributed by atoms with van der Waals surface area (Å²) in [5.74, 6) is -2.49. The average Bonchev–Trinajstić information content (AvgIpc) is 2.76. The van der Waals surface area contributed by atoms with Gasteiger partial charge in [-0.3, -0.25) is 9.59 Å². The Hall–Kier alpha value is -2.55. The normalized spacial score (nSPS) is 10.1. The van der Waals surface area contributed by atoms with E-state index in [1.807, 2.05) is 23.5 Å². The van der Waals surface area contributed by atoms with E-state index in [0.29, 0.717) is 6.29 Å². The van der Waals surface area contributed by atoms with Crippen molar-refractivity contribution in [2.75, 3.05) is 20.3 Å². The average molecular weight is 646 g/mol. The predicted octanol–water partition coefficient (Wildman–Crippen LogP) is -0.152. The van der Waals surface area contributed by atoms with Gasteiger partial charge in [0, 0.05) is 13.5 Å². The number of aliphatic hydroxyl groups excluding tert-OH is 1. The van der Waals surface area contributed by atoms with Crippen molar-refractivity contribution < 1.29 is 44.0 Å². The number of carbonyl (C=O) groups excluding carboxylic acids is 3. The second-order valence-electron chi connectivity index (χ2n) is 5.97. The van der Waals surface area contributed by atoms with Gasteiger partial charge >= 0.3 is 119 Å². The number of hydrogen-bond acceptors (Lipinski definition) is 7. The standard InChI is InChI=1S/C11H14NO.C8H11NO7.CH4O.Tl/c1-2-3-9-12-11(13)10-7-5-4-6-8-10;10-3-4-16-8(15)9-5(7(13)14)1-2-6(11)12;1-2;/h4-5,7-8H,2-3,9H2,1H3,(H,12,13);3,5H,1-2,4H2,(H,9,15)(H,11,12)(H,13,14);2H,1H3;. The number of carboxylic acids is 2. The number of amides is 2. The molecule has 0 aliphatic rings. The van der Waals surface area contributed by atoms with Crippen molar-refractivity contribution in [1.29, 1.82) is 0 Å². The third-order valence-electron chi connectivity index (χ3n) is 3.48. The zero-order valence-electron chi connectivity index (χ0n) is 18.1. The van der Waals surface area contributed by atoms with Gasteiger partial charge in [-0.2, -0.15) is 0 Å². The van der Waals surface area contributed by atoms with Crippen LogP contribution in [0.3, 0.4) is 0 Å². The molecule has 0 spiro atoms. The van der Waals surface area contributed by atoms with E-state index in [0.717, 1.165) is 57.8 Å². The molecule has 0 heterocycles. The van der Waals surface area contributed by atoms with Crippen molar-refractivity contribution >= 4 is 59.1 Å². The summed E-state index contributed by atoms with van der Waals surface area (Å²) in [4.78, 5) is 53.1. The molecule has 1 unspecified atom stereocenters. The molecule has 176 valence electrons. The van der Waals surface area contributed by atoms with Gasteiger partial charge in [-0.15, -0.1) is 0 Å². The molecule has 2 amide bonds. The molecule has 0 aromatic heterocycles. The second kappa shape index (κ2) is 20.4. The first-order valence-corrected chi connectivity index (χ1v) is 11.9. The number of carbonyl (C=O) groups is 5. The number of aliphatic carboxylic acids is 2. The number of ether oxygens (including phenoxy) is 1. The smallest absolute Gasteiger partial charge is 0.408 e. The quantitative estimate of drug-likeness (QED) is 0.124. The van der Waals surface area contributed by atoms with Crippen LogP contribution in [0.25, 0.3) is 0 Å². The maximum Gasteiger partial charge on any atom is 0.408 e. The fourth-order valence-electron chi connectivity index (χ4n) is 1.98. The van der Waals surface area contributed by atoms with Gasteiger partial charge in [0.25, 0.3) is 0 Å². The van der Waals surface area contributed by atoms with Crippen LogP contribution in [-0.2, 0) is 19.1 Å². The van der Waals surface area contributed by atoms with Crippen LogP contribution < -0.4 is 13.8 Å². The second-order valence-corrected chi connectivity index (χ2v) is 8.56. The van der Waals surface area contributed by atoms with Crippen LogP contribution in [0.4, 0.5) is 4.79 Å². The van der Waals surface area contributed by atoms with Crippen LogP contribution in [0.15, 0.2) is 24.3 Å². The topological polar surface area (TPSA) is 179 Å². The van der Waals surface area contributed by atoms with Crippen LogP contribution in [0.2, 0.25) is 0 Å². The summed E-state index contributed by atoms with van der Waals surface area (Å²) in [5, 5.41) is 28.8. The van der Waals surface area contributed by atoms with E-state index in [2.05, 4.69) is 23.0 Å². The van der Waals surface area contributed by atoms with E-state index < -0.39 is 37.1 Å². The fraction of sp³-hybridized carbons (Fsp3) is 0.450. The molecule has 1 atom stereocenters. The van der Waals surface area contributed by atoms with Gasteiger partial charge in [0.2, 0.25) is 0 Å². The molecule has 12 heteroatoms. The Kier molecular flexibility index (Phi) is 20.1. The zero-order valence-corrected chi connectivity index (χ0v) is 22.6. The first kappa shape index (κ1) is 31.6. The van der Waals surface area contributed by atoms with Crippen molar-refractivity contribution in [2.24, 2.45) is 0 Å². The summed E-state index contributed by atoms with van der Waals surface area (Å²) >= 11 is 0.795. The number of aliphatic hydroxyl groups is 1. The molecule has 0 bridgehead atoms. The van der Waals surface area contributed by atoms with Gasteiger partial charge in [-0.05, 0) is 6.42 Å². The van der Waals surface area contributed by atoms with Crippen molar-refractivity contribution in [1.82, 2.24) is 10.6 Å². The van der Waals surface area contributed by atoms with Crippen LogP contribution in [-0.4, -0.2) is 97.6 Å². The summed E-state index contributed by atoms with van der Waals surface area (Å²) in [7, 11) is 1.00. The molecule has 0 saturated heterocycles. The summed E-state index contributed by atoms with van der Waals surface area (Å²) in [6, 6.07) is 6.51. The third-order valence-corrected chi connectivity index (χ3v) is 4.88. The largest absolute Gasteiger partial charge is 0.481 e. The Labute approximate surface area is 202 Å². The molecule has 1 rings (SSSR count). The summed E-state index contributed by atoms with van der Waals surface area (Å²) in [6.07, 6.45) is 0.749. The number of rotatable bonds is 11. The molecule has 0 aliphatic carbocycles. The van der Waals surface area contributed by atoms with Gasteiger partial charge in [0.1, 0.15) is 12.6 Å². The number of benzene rings is 1. The minimum absolute atomic E-state index is 0.0564. The first-order valence-electron chi connectivity index (χ1n) is 9.61. The molecule has 11 nitrogen and oxygen atoms in total. The van der Waals surface area contributed by atoms with Gasteiger partial charge in [-0.1, -0.05) is 0 Å². The van der Waals surface area contributed by atoms with Gasteiger partial charge in [0.15, 0.2) is 6.29 Å². The van der Waals surface area contributed by atoms with Crippen molar-refractivity contribution in [3.63, 3.8) is 0 Å². The number of nitrogens with one attached hydrogen (secondary N) is 2. The van der Waals surface area contributed by atoms with Crippen LogP contribution in [0.1, 0.15) is 43.0 Å². The summed E-state index contributed by atoms with van der Waals surface area (Å²) < 4.78 is 5.54. The number of alkyl carbamates (subject to hydrolysis) is 1. The molecular weight excluding hydrogens is 617 g/mol. The SMILES string of the molecule is CCCCNC(=O)c1ccc[c]([Tl])c1.CO.O=CCOC(=O)NC(CCC(=O)O)C(=O)O. The molecule has 5 N–H and O–H groups in total. The van der Waals surface area contributed by atoms with Crippen LogP contribution in [0, 0.1) is 0 Å². The Bertz CT molecular complexity index is 729. The molecule has 0 aliphatic heterocycles. The molecule has 1 aromatic rings. The Morgan fingerprint density at radius 1 is 1.19 bits per heavy atom. The molecule has 0 fully saturated rings. The van der Waals surface area contributed by atoms with E-state index in [4.69, 9.17) is 15.3 Å². The zero-order chi connectivity index (χ0) is 24.9. The van der Waals surface area contributed by atoms with Gasteiger partial charge in [0.05, 0.1) is 0 Å². The minimum Gasteiger partial charge on any atom is -0.481 e. The molecular formula is C20H29N2O9Tl.